The van der Waals surface area contributed by atoms with Crippen molar-refractivity contribution in [3.05, 3.63) is 24.2 Å². The van der Waals surface area contributed by atoms with Crippen molar-refractivity contribution in [3.63, 3.8) is 0 Å². The van der Waals surface area contributed by atoms with Crippen molar-refractivity contribution in [3.8, 4) is 5.75 Å². The maximum atomic E-state index is 5.99. The maximum absolute atomic E-state index is 5.99. The summed E-state index contributed by atoms with van der Waals surface area (Å²) >= 11 is 0. The van der Waals surface area contributed by atoms with Crippen LogP contribution in [0.1, 0.15) is 18.5 Å². The Morgan fingerprint density at radius 3 is 3.11 bits per heavy atom. The fourth-order valence-electron chi connectivity index (χ4n) is 2.75. The summed E-state index contributed by atoms with van der Waals surface area (Å²) in [6.45, 7) is 2.86. The molecule has 0 aliphatic carbocycles. The average Bonchev–Trinajstić information content (AvgIpc) is 2.56. The smallest absolute Gasteiger partial charge is 0.148 e. The second kappa shape index (κ2) is 5.21. The van der Waals surface area contributed by atoms with Crippen molar-refractivity contribution in [1.82, 2.24) is 14.5 Å². The summed E-state index contributed by atoms with van der Waals surface area (Å²) < 4.78 is 8.38. The van der Waals surface area contributed by atoms with E-state index in [1.54, 1.807) is 0 Å². The van der Waals surface area contributed by atoms with Gasteiger partial charge in [-0.2, -0.15) is 0 Å². The molecule has 0 saturated heterocycles. The highest BCUT2D eigenvalue weighted by molar-refractivity contribution is 5.88. The fourth-order valence-corrected chi connectivity index (χ4v) is 2.75. The van der Waals surface area contributed by atoms with E-state index >= 15 is 0 Å². The fraction of sp³-hybridized carbons (Fsp3) is 0.533. The van der Waals surface area contributed by atoms with Gasteiger partial charge in [0.05, 0.1) is 24.0 Å². The Bertz CT molecular complexity index is 574. The monoisotopic (exact) mass is 259 g/mol. The van der Waals surface area contributed by atoms with E-state index < -0.39 is 0 Å². The maximum Gasteiger partial charge on any atom is 0.148 e. The zero-order valence-corrected chi connectivity index (χ0v) is 11.7. The number of hydrogen-bond donors (Lipinski definition) is 0. The standard InChI is InChI=1S/C15H21N3O/c1-17(2)8-9-18-13-5-3-4-10-19-15(13)12-6-7-16-11-14(12)18/h6-7,11H,3-5,8-10H2,1-2H3. The highest BCUT2D eigenvalue weighted by atomic mass is 16.5. The van der Waals surface area contributed by atoms with Gasteiger partial charge in [0.25, 0.3) is 0 Å². The molecule has 0 unspecified atom stereocenters. The molecule has 2 aromatic rings. The Balaban J connectivity index is 2.09. The highest BCUT2D eigenvalue weighted by Crippen LogP contribution is 2.35. The molecule has 0 N–H and O–H groups in total. The van der Waals surface area contributed by atoms with Gasteiger partial charge in [-0.05, 0) is 39.4 Å². The first-order valence-electron chi connectivity index (χ1n) is 7.00. The minimum absolute atomic E-state index is 0.835. The summed E-state index contributed by atoms with van der Waals surface area (Å²) in [5, 5.41) is 1.21. The van der Waals surface area contributed by atoms with Gasteiger partial charge < -0.3 is 14.2 Å². The van der Waals surface area contributed by atoms with Gasteiger partial charge in [0.2, 0.25) is 0 Å². The molecule has 0 amide bonds. The third kappa shape index (κ3) is 2.32. The second-order valence-electron chi connectivity index (χ2n) is 5.43. The normalized spacial score (nSPS) is 15.3. The van der Waals surface area contributed by atoms with E-state index in [4.69, 9.17) is 4.74 Å². The highest BCUT2D eigenvalue weighted by Gasteiger charge is 2.20. The molecular formula is C15H21N3O. The van der Waals surface area contributed by atoms with Crippen LogP contribution in [-0.4, -0.2) is 41.7 Å². The summed E-state index contributed by atoms with van der Waals surface area (Å²) in [5.74, 6) is 1.09. The molecule has 2 aromatic heterocycles. The third-order valence-electron chi connectivity index (χ3n) is 3.75. The lowest BCUT2D eigenvalue weighted by atomic mass is 10.2. The summed E-state index contributed by atoms with van der Waals surface area (Å²) in [6.07, 6.45) is 7.28. The number of nitrogens with zero attached hydrogens (tertiary/aromatic N) is 3. The van der Waals surface area contributed by atoms with Crippen molar-refractivity contribution in [1.29, 1.82) is 0 Å². The van der Waals surface area contributed by atoms with E-state index in [-0.39, 0.29) is 0 Å². The first-order valence-corrected chi connectivity index (χ1v) is 7.00. The number of aromatic nitrogens is 2. The topological polar surface area (TPSA) is 30.3 Å². The third-order valence-corrected chi connectivity index (χ3v) is 3.75. The van der Waals surface area contributed by atoms with E-state index in [0.29, 0.717) is 0 Å². The molecule has 3 rings (SSSR count). The van der Waals surface area contributed by atoms with Crippen LogP contribution in [0.4, 0.5) is 0 Å². The zero-order chi connectivity index (χ0) is 13.2. The lowest BCUT2D eigenvalue weighted by Crippen LogP contribution is -2.19. The van der Waals surface area contributed by atoms with Crippen molar-refractivity contribution >= 4 is 10.9 Å². The van der Waals surface area contributed by atoms with Crippen LogP contribution in [0.2, 0.25) is 0 Å². The molecule has 3 heterocycles. The van der Waals surface area contributed by atoms with Crippen molar-refractivity contribution in [2.75, 3.05) is 27.2 Å². The summed E-state index contributed by atoms with van der Waals surface area (Å²) in [7, 11) is 4.22. The molecule has 0 saturated carbocycles. The average molecular weight is 259 g/mol. The largest absolute Gasteiger partial charge is 0.491 e. The number of hydrogen-bond acceptors (Lipinski definition) is 3. The molecule has 4 heteroatoms. The molecule has 19 heavy (non-hydrogen) atoms. The van der Waals surface area contributed by atoms with Crippen molar-refractivity contribution in [2.45, 2.75) is 25.8 Å². The molecule has 0 atom stereocenters. The molecule has 4 nitrogen and oxygen atoms in total. The molecule has 0 bridgehead atoms. The van der Waals surface area contributed by atoms with Gasteiger partial charge in [0, 0.05) is 24.7 Å². The van der Waals surface area contributed by atoms with Gasteiger partial charge in [0.15, 0.2) is 0 Å². The van der Waals surface area contributed by atoms with E-state index in [2.05, 4.69) is 34.6 Å². The Kier molecular flexibility index (Phi) is 3.42. The molecule has 0 fully saturated rings. The SMILES string of the molecule is CN(C)CCn1c2c(c3ccncc31)OCCCC2. The van der Waals surface area contributed by atoms with Gasteiger partial charge >= 0.3 is 0 Å². The predicted molar refractivity (Wildman–Crippen MR) is 76.7 cm³/mol. The van der Waals surface area contributed by atoms with Crippen LogP contribution in [0.3, 0.4) is 0 Å². The number of likely N-dealkylation sites (N-methyl/N-ethyl adjacent to an activating group) is 1. The molecule has 102 valence electrons. The van der Waals surface area contributed by atoms with Crippen LogP contribution in [-0.2, 0) is 13.0 Å². The van der Waals surface area contributed by atoms with Gasteiger partial charge in [0.1, 0.15) is 5.75 Å². The van der Waals surface area contributed by atoms with Crippen molar-refractivity contribution < 1.29 is 4.74 Å². The van der Waals surface area contributed by atoms with E-state index in [9.17, 15) is 0 Å². The molecule has 1 aliphatic heterocycles. The van der Waals surface area contributed by atoms with Crippen LogP contribution in [0.15, 0.2) is 18.5 Å². The Hall–Kier alpha value is -1.55. The molecule has 0 radical (unpaired) electrons. The van der Waals surface area contributed by atoms with Crippen LogP contribution < -0.4 is 4.74 Å². The molecule has 0 spiro atoms. The van der Waals surface area contributed by atoms with Crippen LogP contribution in [0.5, 0.6) is 5.75 Å². The van der Waals surface area contributed by atoms with E-state index in [1.165, 1.54) is 23.0 Å². The number of rotatable bonds is 3. The molecular weight excluding hydrogens is 238 g/mol. The quantitative estimate of drug-likeness (QED) is 0.847. The number of ether oxygens (including phenoxy) is 1. The molecule has 0 aromatic carbocycles. The second-order valence-corrected chi connectivity index (χ2v) is 5.43. The lowest BCUT2D eigenvalue weighted by molar-refractivity contribution is 0.319. The summed E-state index contributed by atoms with van der Waals surface area (Å²) in [5.41, 5.74) is 2.55. The van der Waals surface area contributed by atoms with E-state index in [1.807, 2.05) is 12.4 Å². The van der Waals surface area contributed by atoms with Crippen LogP contribution in [0.25, 0.3) is 10.9 Å². The molecule has 1 aliphatic rings. The van der Waals surface area contributed by atoms with Gasteiger partial charge in [-0.1, -0.05) is 0 Å². The first-order chi connectivity index (χ1) is 9.27. The van der Waals surface area contributed by atoms with Crippen LogP contribution in [0, 0.1) is 0 Å². The Morgan fingerprint density at radius 2 is 2.26 bits per heavy atom. The predicted octanol–water partition coefficient (Wildman–Crippen LogP) is 2.31. The summed E-state index contributed by atoms with van der Waals surface area (Å²) in [6, 6.07) is 2.08. The first kappa shape index (κ1) is 12.5. The van der Waals surface area contributed by atoms with E-state index in [0.717, 1.165) is 38.3 Å². The van der Waals surface area contributed by atoms with Gasteiger partial charge in [-0.3, -0.25) is 4.98 Å². The van der Waals surface area contributed by atoms with Gasteiger partial charge in [-0.25, -0.2) is 0 Å². The van der Waals surface area contributed by atoms with Crippen molar-refractivity contribution in [2.24, 2.45) is 0 Å². The zero-order valence-electron chi connectivity index (χ0n) is 11.7. The number of fused-ring (bicyclic) bond motifs is 3. The van der Waals surface area contributed by atoms with Crippen LogP contribution >= 0.6 is 0 Å². The minimum atomic E-state index is 0.835. The lowest BCUT2D eigenvalue weighted by Gasteiger charge is -2.14. The summed E-state index contributed by atoms with van der Waals surface area (Å²) in [4.78, 5) is 6.49. The Labute approximate surface area is 114 Å². The van der Waals surface area contributed by atoms with Gasteiger partial charge in [-0.15, -0.1) is 0 Å². The number of pyridine rings is 1. The minimum Gasteiger partial charge on any atom is -0.491 e. The Morgan fingerprint density at radius 1 is 1.37 bits per heavy atom.